The van der Waals surface area contributed by atoms with Crippen molar-refractivity contribution in [2.24, 2.45) is 5.73 Å². The average molecular weight is 409 g/mol. The van der Waals surface area contributed by atoms with Crippen LogP contribution in [0.25, 0.3) is 0 Å². The van der Waals surface area contributed by atoms with E-state index in [2.05, 4.69) is 47.7 Å². The van der Waals surface area contributed by atoms with Crippen molar-refractivity contribution in [1.29, 1.82) is 0 Å². The van der Waals surface area contributed by atoms with Gasteiger partial charge in [-0.1, -0.05) is 0 Å². The normalized spacial score (nSPS) is 26.6. The van der Waals surface area contributed by atoms with Gasteiger partial charge < -0.3 is 5.73 Å². The van der Waals surface area contributed by atoms with E-state index in [0.717, 1.165) is 17.1 Å². The van der Waals surface area contributed by atoms with Gasteiger partial charge in [0.2, 0.25) is 0 Å². The fourth-order valence-electron chi connectivity index (χ4n) is 3.27. The number of halogens is 2. The molecule has 19 heavy (non-hydrogen) atoms. The van der Waals surface area contributed by atoms with Crippen molar-refractivity contribution in [1.82, 2.24) is 9.80 Å². The third-order valence-electron chi connectivity index (χ3n) is 4.28. The summed E-state index contributed by atoms with van der Waals surface area (Å²) < 4.78 is 2.31. The summed E-state index contributed by atoms with van der Waals surface area (Å²) in [4.78, 5) is 6.59. The van der Waals surface area contributed by atoms with Crippen LogP contribution in [-0.4, -0.2) is 48.6 Å². The summed E-state index contributed by atoms with van der Waals surface area (Å²) in [5.41, 5.74) is 6.05. The molecule has 2 saturated heterocycles. The van der Waals surface area contributed by atoms with Crippen LogP contribution in [0.2, 0.25) is 0 Å². The van der Waals surface area contributed by atoms with E-state index < -0.39 is 0 Å². The Morgan fingerprint density at radius 1 is 1.37 bits per heavy atom. The van der Waals surface area contributed by atoms with Crippen LogP contribution < -0.4 is 5.73 Å². The Morgan fingerprint density at radius 2 is 2.21 bits per heavy atom. The van der Waals surface area contributed by atoms with Gasteiger partial charge in [0.1, 0.15) is 0 Å². The van der Waals surface area contributed by atoms with E-state index in [1.807, 2.05) is 0 Å². The van der Waals surface area contributed by atoms with Crippen LogP contribution in [0, 0.1) is 0 Å². The van der Waals surface area contributed by atoms with Crippen molar-refractivity contribution in [2.75, 3.05) is 32.7 Å². The third-order valence-corrected chi connectivity index (χ3v) is 7.63. The van der Waals surface area contributed by atoms with E-state index >= 15 is 0 Å². The molecule has 0 spiro atoms. The Balaban J connectivity index is 1.75. The second-order valence-electron chi connectivity index (χ2n) is 5.35. The van der Waals surface area contributed by atoms with Gasteiger partial charge in [0.05, 0.1) is 9.83 Å². The fraction of sp³-hybridized carbons (Fsp3) is 0.692. The van der Waals surface area contributed by atoms with E-state index in [1.165, 1.54) is 41.1 Å². The molecule has 2 atom stereocenters. The van der Waals surface area contributed by atoms with Crippen molar-refractivity contribution >= 4 is 43.2 Å². The molecule has 2 fully saturated rings. The van der Waals surface area contributed by atoms with Crippen LogP contribution in [0.15, 0.2) is 14.3 Å². The zero-order valence-electron chi connectivity index (χ0n) is 10.8. The van der Waals surface area contributed by atoms with E-state index in [4.69, 9.17) is 5.73 Å². The first-order chi connectivity index (χ1) is 9.19. The van der Waals surface area contributed by atoms with Gasteiger partial charge in [-0.25, -0.2) is 0 Å². The van der Waals surface area contributed by atoms with E-state index in [0.29, 0.717) is 12.6 Å². The summed E-state index contributed by atoms with van der Waals surface area (Å²) in [5.74, 6) is 0. The Labute approximate surface area is 135 Å². The molecule has 3 rings (SSSR count). The van der Waals surface area contributed by atoms with Gasteiger partial charge in [0.15, 0.2) is 0 Å². The molecular formula is C13H19Br2N3S. The summed E-state index contributed by atoms with van der Waals surface area (Å²) >= 11 is 8.97. The number of hydrogen-bond donors (Lipinski definition) is 1. The average Bonchev–Trinajstić information content (AvgIpc) is 2.98. The van der Waals surface area contributed by atoms with Crippen molar-refractivity contribution in [3.63, 3.8) is 0 Å². The lowest BCUT2D eigenvalue weighted by molar-refractivity contribution is 0.0748. The lowest BCUT2D eigenvalue weighted by atomic mass is 10.1. The van der Waals surface area contributed by atoms with Crippen molar-refractivity contribution in [3.05, 3.63) is 19.2 Å². The van der Waals surface area contributed by atoms with Crippen LogP contribution in [0.4, 0.5) is 0 Å². The number of hydrogen-bond acceptors (Lipinski definition) is 4. The maximum absolute atomic E-state index is 6.05. The van der Waals surface area contributed by atoms with Gasteiger partial charge in [-0.15, -0.1) is 11.3 Å². The van der Waals surface area contributed by atoms with Gasteiger partial charge in [0, 0.05) is 41.6 Å². The minimum absolute atomic E-state index is 0.371. The number of fused-ring (bicyclic) bond motifs is 1. The topological polar surface area (TPSA) is 32.5 Å². The monoisotopic (exact) mass is 407 g/mol. The van der Waals surface area contributed by atoms with Crippen LogP contribution in [0.1, 0.15) is 23.8 Å². The molecule has 0 saturated carbocycles. The second kappa shape index (κ2) is 6.12. The summed E-state index contributed by atoms with van der Waals surface area (Å²) in [5, 5.41) is 0. The first kappa shape index (κ1) is 14.5. The summed E-state index contributed by atoms with van der Waals surface area (Å²) in [6.07, 6.45) is 2.72. The molecule has 0 aliphatic carbocycles. The molecule has 2 aliphatic rings. The lowest BCUT2D eigenvalue weighted by Gasteiger charge is -2.41. The highest BCUT2D eigenvalue weighted by molar-refractivity contribution is 9.13. The Bertz CT molecular complexity index is 432. The quantitative estimate of drug-likeness (QED) is 0.834. The first-order valence-corrected chi connectivity index (χ1v) is 9.22. The Morgan fingerprint density at radius 3 is 2.89 bits per heavy atom. The molecule has 106 valence electrons. The van der Waals surface area contributed by atoms with E-state index in [9.17, 15) is 0 Å². The summed E-state index contributed by atoms with van der Waals surface area (Å²) in [7, 11) is 0. The minimum atomic E-state index is 0.371. The maximum Gasteiger partial charge on any atom is 0.0843 e. The zero-order valence-corrected chi connectivity index (χ0v) is 14.8. The van der Waals surface area contributed by atoms with Crippen molar-refractivity contribution in [3.8, 4) is 0 Å². The number of nitrogens with zero attached hydrogens (tertiary/aromatic N) is 2. The highest BCUT2D eigenvalue weighted by Gasteiger charge is 2.34. The maximum atomic E-state index is 6.05. The van der Waals surface area contributed by atoms with Crippen LogP contribution in [0.3, 0.4) is 0 Å². The van der Waals surface area contributed by atoms with Crippen LogP contribution in [-0.2, 0) is 0 Å². The van der Waals surface area contributed by atoms with Gasteiger partial charge in [-0.2, -0.15) is 0 Å². The van der Waals surface area contributed by atoms with E-state index in [-0.39, 0.29) is 0 Å². The molecule has 3 heterocycles. The van der Waals surface area contributed by atoms with Crippen molar-refractivity contribution in [2.45, 2.75) is 24.9 Å². The van der Waals surface area contributed by atoms with Gasteiger partial charge >= 0.3 is 0 Å². The Hall–Kier alpha value is 0.540. The molecule has 0 bridgehead atoms. The molecule has 0 radical (unpaired) electrons. The Kier molecular flexibility index (Phi) is 4.66. The number of rotatable bonds is 3. The molecule has 3 nitrogen and oxygen atoms in total. The van der Waals surface area contributed by atoms with Gasteiger partial charge in [-0.05, 0) is 57.3 Å². The molecule has 2 aliphatic heterocycles. The molecule has 0 aromatic carbocycles. The second-order valence-corrected chi connectivity index (χ2v) is 8.60. The predicted octanol–water partition coefficient (Wildman–Crippen LogP) is 3.05. The first-order valence-electron chi connectivity index (χ1n) is 6.82. The molecule has 2 unspecified atom stereocenters. The lowest BCUT2D eigenvalue weighted by Crippen LogP contribution is -2.52. The van der Waals surface area contributed by atoms with Crippen LogP contribution in [0.5, 0.6) is 0 Å². The van der Waals surface area contributed by atoms with Gasteiger partial charge in [0.25, 0.3) is 0 Å². The summed E-state index contributed by atoms with van der Waals surface area (Å²) in [6.45, 7) is 5.52. The number of thiophene rings is 1. The van der Waals surface area contributed by atoms with Gasteiger partial charge in [-0.3, -0.25) is 9.80 Å². The van der Waals surface area contributed by atoms with E-state index in [1.54, 1.807) is 11.3 Å². The third kappa shape index (κ3) is 2.94. The standard InChI is InChI=1S/C13H19Br2N3S/c14-10-6-12(19-13(10)15)11(7-16)18-5-4-17-3-1-2-9(17)8-18/h6,9,11H,1-5,7-8,16H2. The molecule has 1 aromatic heterocycles. The molecule has 0 amide bonds. The minimum Gasteiger partial charge on any atom is -0.329 e. The molecule has 2 N–H and O–H groups in total. The smallest absolute Gasteiger partial charge is 0.0843 e. The summed E-state index contributed by atoms with van der Waals surface area (Å²) in [6, 6.07) is 3.35. The highest BCUT2D eigenvalue weighted by atomic mass is 79.9. The zero-order chi connectivity index (χ0) is 13.4. The highest BCUT2D eigenvalue weighted by Crippen LogP contribution is 2.38. The fourth-order valence-corrected chi connectivity index (χ4v) is 5.51. The molecule has 6 heteroatoms. The molecule has 1 aromatic rings. The molecular weight excluding hydrogens is 390 g/mol. The predicted molar refractivity (Wildman–Crippen MR) is 87.7 cm³/mol. The largest absolute Gasteiger partial charge is 0.329 e. The van der Waals surface area contributed by atoms with Crippen molar-refractivity contribution < 1.29 is 0 Å². The van der Waals surface area contributed by atoms with Crippen LogP contribution >= 0.6 is 43.2 Å². The number of piperazine rings is 1. The number of nitrogens with two attached hydrogens (primary N) is 1. The SMILES string of the molecule is NCC(c1cc(Br)c(Br)s1)N1CCN2CCCC2C1.